The van der Waals surface area contributed by atoms with Crippen LogP contribution in [0.3, 0.4) is 0 Å². The fraction of sp³-hybridized carbons (Fsp3) is 0.824. The molecule has 0 aliphatic heterocycles. The van der Waals surface area contributed by atoms with E-state index in [2.05, 4.69) is 38.2 Å². The molecule has 0 aromatic heterocycles. The number of rotatable bonds is 29. The van der Waals surface area contributed by atoms with Crippen molar-refractivity contribution in [1.82, 2.24) is 0 Å². The van der Waals surface area contributed by atoms with Gasteiger partial charge in [-0.05, 0) is 70.3 Å². The fourth-order valence-electron chi connectivity index (χ4n) is 4.67. The number of unbranched alkanes of at least 4 members (excludes halogenated alkanes) is 18. The molecule has 1 unspecified atom stereocenters. The van der Waals surface area contributed by atoms with E-state index >= 15 is 0 Å². The van der Waals surface area contributed by atoms with E-state index in [1.165, 1.54) is 96.3 Å². The van der Waals surface area contributed by atoms with Gasteiger partial charge in [0.15, 0.2) is 0 Å². The van der Waals surface area contributed by atoms with Gasteiger partial charge in [-0.1, -0.05) is 116 Å². The summed E-state index contributed by atoms with van der Waals surface area (Å²) < 4.78 is 5.80. The molecule has 0 aromatic rings. The maximum absolute atomic E-state index is 12.4. The molecule has 1 N–H and O–H groups in total. The lowest BCUT2D eigenvalue weighted by molar-refractivity contribution is -0.147. The Balaban J connectivity index is 3.88. The van der Waals surface area contributed by atoms with E-state index in [4.69, 9.17) is 9.84 Å². The molecule has 0 saturated carbocycles. The first-order valence-electron chi connectivity index (χ1n) is 16.3. The lowest BCUT2D eigenvalue weighted by atomic mass is 10.1. The second kappa shape index (κ2) is 30.0. The molecule has 0 bridgehead atoms. The van der Waals surface area contributed by atoms with Gasteiger partial charge in [-0.2, -0.15) is 0 Å². The zero-order chi connectivity index (χ0) is 27.9. The van der Waals surface area contributed by atoms with Crippen LogP contribution in [0.5, 0.6) is 0 Å². The highest BCUT2D eigenvalue weighted by molar-refractivity contribution is 5.69. The number of carboxylic acids is 1. The smallest absolute Gasteiger partial charge is 0.306 e. The normalized spacial score (nSPS) is 12.5. The number of carbonyl (C=O) groups is 2. The average Bonchev–Trinajstić information content (AvgIpc) is 2.89. The van der Waals surface area contributed by atoms with Crippen LogP contribution in [0.4, 0.5) is 0 Å². The van der Waals surface area contributed by atoms with Gasteiger partial charge >= 0.3 is 11.9 Å². The molecule has 222 valence electrons. The van der Waals surface area contributed by atoms with Crippen molar-refractivity contribution in [1.29, 1.82) is 0 Å². The van der Waals surface area contributed by atoms with Crippen LogP contribution in [-0.4, -0.2) is 23.1 Å². The highest BCUT2D eigenvalue weighted by Gasteiger charge is 2.11. The van der Waals surface area contributed by atoms with Crippen LogP contribution < -0.4 is 0 Å². The van der Waals surface area contributed by atoms with Crippen molar-refractivity contribution in [3.05, 3.63) is 24.3 Å². The molecule has 0 radical (unpaired) electrons. The number of ether oxygens (including phenoxy) is 1. The van der Waals surface area contributed by atoms with Gasteiger partial charge in [-0.15, -0.1) is 0 Å². The lowest BCUT2D eigenvalue weighted by Crippen LogP contribution is -2.16. The number of hydrogen-bond donors (Lipinski definition) is 1. The standard InChI is InChI=1S/C34H62O4/c1-3-5-7-9-10-11-12-13-14-15-16-17-18-19-21-27-31-34(37)38-32(28-24-20-8-6-4-2)29-25-22-23-26-30-33(35)36/h14-15,24,28,32H,3-13,16-23,25-27,29-31H2,1-2H3,(H,35,36)/b15-14-,28-24-. The SMILES string of the molecule is CCCCC/C=C\C(CCCCCCC(=O)O)OC(=O)CCCCCCC/C=C\CCCCCCCCC. The third-order valence-corrected chi connectivity index (χ3v) is 7.13. The summed E-state index contributed by atoms with van der Waals surface area (Å²) in [5.74, 6) is -0.801. The Labute approximate surface area is 236 Å². The van der Waals surface area contributed by atoms with Gasteiger partial charge in [0.25, 0.3) is 0 Å². The van der Waals surface area contributed by atoms with E-state index in [0.717, 1.165) is 51.4 Å². The third-order valence-electron chi connectivity index (χ3n) is 7.13. The highest BCUT2D eigenvalue weighted by atomic mass is 16.5. The molecule has 4 nitrogen and oxygen atoms in total. The Hall–Kier alpha value is -1.58. The summed E-state index contributed by atoms with van der Waals surface area (Å²) in [7, 11) is 0. The second-order valence-electron chi connectivity index (χ2n) is 11.0. The number of allylic oxidation sites excluding steroid dienone is 3. The van der Waals surface area contributed by atoms with E-state index in [1.54, 1.807) is 0 Å². The molecule has 0 aromatic carbocycles. The lowest BCUT2D eigenvalue weighted by Gasteiger charge is -2.15. The largest absolute Gasteiger partial charge is 0.481 e. The van der Waals surface area contributed by atoms with E-state index in [9.17, 15) is 9.59 Å². The van der Waals surface area contributed by atoms with Crippen molar-refractivity contribution >= 4 is 11.9 Å². The van der Waals surface area contributed by atoms with Crippen LogP contribution in [0.2, 0.25) is 0 Å². The van der Waals surface area contributed by atoms with E-state index < -0.39 is 5.97 Å². The molecule has 1 atom stereocenters. The molecule has 0 aliphatic carbocycles. The van der Waals surface area contributed by atoms with Crippen LogP contribution >= 0.6 is 0 Å². The van der Waals surface area contributed by atoms with Gasteiger partial charge in [0.05, 0.1) is 0 Å². The quantitative estimate of drug-likeness (QED) is 0.0589. The van der Waals surface area contributed by atoms with Gasteiger partial charge in [0.1, 0.15) is 6.10 Å². The summed E-state index contributed by atoms with van der Waals surface area (Å²) in [5.41, 5.74) is 0. The Bertz CT molecular complexity index is 581. The molecular formula is C34H62O4. The Morgan fingerprint density at radius 2 is 1.03 bits per heavy atom. The van der Waals surface area contributed by atoms with Gasteiger partial charge < -0.3 is 9.84 Å². The summed E-state index contributed by atoms with van der Waals surface area (Å²) in [6.45, 7) is 4.47. The Kier molecular flexibility index (Phi) is 28.7. The second-order valence-corrected chi connectivity index (χ2v) is 11.0. The van der Waals surface area contributed by atoms with Gasteiger partial charge in [-0.25, -0.2) is 0 Å². The topological polar surface area (TPSA) is 63.6 Å². The fourth-order valence-corrected chi connectivity index (χ4v) is 4.67. The van der Waals surface area contributed by atoms with Crippen molar-refractivity contribution in [2.75, 3.05) is 0 Å². The molecule has 0 amide bonds. The van der Waals surface area contributed by atoms with Crippen LogP contribution in [0.1, 0.15) is 174 Å². The number of carboxylic acid groups (broad SMARTS) is 1. The summed E-state index contributed by atoms with van der Waals surface area (Å²) in [5, 5.41) is 8.76. The number of carbonyl (C=O) groups excluding carboxylic acids is 1. The van der Waals surface area contributed by atoms with Crippen molar-refractivity contribution in [3.8, 4) is 0 Å². The van der Waals surface area contributed by atoms with Crippen molar-refractivity contribution < 1.29 is 19.4 Å². The first kappa shape index (κ1) is 36.4. The highest BCUT2D eigenvalue weighted by Crippen LogP contribution is 2.15. The predicted octanol–water partition coefficient (Wildman–Crippen LogP) is 10.9. The maximum Gasteiger partial charge on any atom is 0.306 e. The zero-order valence-electron chi connectivity index (χ0n) is 25.2. The molecule has 0 saturated heterocycles. The molecule has 0 fully saturated rings. The predicted molar refractivity (Wildman–Crippen MR) is 163 cm³/mol. The first-order valence-corrected chi connectivity index (χ1v) is 16.3. The number of esters is 1. The Morgan fingerprint density at radius 3 is 1.63 bits per heavy atom. The van der Waals surface area contributed by atoms with E-state index in [0.29, 0.717) is 6.42 Å². The minimum absolute atomic E-state index is 0.0765. The Morgan fingerprint density at radius 1 is 0.579 bits per heavy atom. The minimum atomic E-state index is -0.724. The van der Waals surface area contributed by atoms with E-state index in [1.807, 2.05) is 0 Å². The minimum Gasteiger partial charge on any atom is -0.481 e. The summed E-state index contributed by atoms with van der Waals surface area (Å²) in [4.78, 5) is 23.1. The van der Waals surface area contributed by atoms with Crippen LogP contribution in [0, 0.1) is 0 Å². The van der Waals surface area contributed by atoms with Crippen molar-refractivity contribution in [2.45, 2.75) is 180 Å². The van der Waals surface area contributed by atoms with Crippen molar-refractivity contribution in [3.63, 3.8) is 0 Å². The maximum atomic E-state index is 12.4. The summed E-state index contributed by atoms with van der Waals surface area (Å²) in [6.07, 6.45) is 36.4. The molecule has 0 aliphatic rings. The van der Waals surface area contributed by atoms with Crippen LogP contribution in [0.15, 0.2) is 24.3 Å². The number of aliphatic carboxylic acids is 1. The van der Waals surface area contributed by atoms with Gasteiger partial charge in [-0.3, -0.25) is 9.59 Å². The molecular weight excluding hydrogens is 472 g/mol. The summed E-state index contributed by atoms with van der Waals surface area (Å²) in [6, 6.07) is 0. The third kappa shape index (κ3) is 29.0. The number of hydrogen-bond acceptors (Lipinski definition) is 3. The van der Waals surface area contributed by atoms with Crippen molar-refractivity contribution in [2.24, 2.45) is 0 Å². The zero-order valence-corrected chi connectivity index (χ0v) is 25.2. The molecule has 38 heavy (non-hydrogen) atoms. The summed E-state index contributed by atoms with van der Waals surface area (Å²) >= 11 is 0. The van der Waals surface area contributed by atoms with Crippen LogP contribution in [0.25, 0.3) is 0 Å². The average molecular weight is 535 g/mol. The van der Waals surface area contributed by atoms with E-state index in [-0.39, 0.29) is 18.5 Å². The first-order chi connectivity index (χ1) is 18.6. The monoisotopic (exact) mass is 534 g/mol. The van der Waals surface area contributed by atoms with Crippen LogP contribution in [-0.2, 0) is 14.3 Å². The molecule has 0 rings (SSSR count). The molecule has 0 spiro atoms. The van der Waals surface area contributed by atoms with Gasteiger partial charge in [0.2, 0.25) is 0 Å². The molecule has 4 heteroatoms. The molecule has 0 heterocycles. The van der Waals surface area contributed by atoms with Gasteiger partial charge in [0, 0.05) is 12.8 Å².